The lowest BCUT2D eigenvalue weighted by atomic mass is 9.91. The van der Waals surface area contributed by atoms with E-state index in [1.165, 1.54) is 41.2 Å². The monoisotopic (exact) mass is 522 g/mol. The Balaban J connectivity index is 1.97. The maximum atomic E-state index is 13.3. The molecule has 1 aromatic carbocycles. The molecule has 0 aliphatic heterocycles. The second-order valence-corrected chi connectivity index (χ2v) is 11.8. The zero-order chi connectivity index (χ0) is 24.9. The molecule has 5 nitrogen and oxygen atoms in total. The number of benzene rings is 1. The van der Waals surface area contributed by atoms with Gasteiger partial charge in [-0.1, -0.05) is 82.1 Å². The Bertz CT molecular complexity index is 1220. The Morgan fingerprint density at radius 3 is 2.35 bits per heavy atom. The van der Waals surface area contributed by atoms with Crippen molar-refractivity contribution in [2.75, 3.05) is 0 Å². The van der Waals surface area contributed by atoms with Crippen LogP contribution < -0.4 is 20.1 Å². The third-order valence-electron chi connectivity index (χ3n) is 5.94. The van der Waals surface area contributed by atoms with Crippen molar-refractivity contribution < 1.29 is 9.59 Å². The van der Waals surface area contributed by atoms with Crippen LogP contribution in [0.3, 0.4) is 0 Å². The van der Waals surface area contributed by atoms with Crippen LogP contribution in [0.5, 0.6) is 0 Å². The van der Waals surface area contributed by atoms with Crippen LogP contribution in [0.15, 0.2) is 23.0 Å². The molecule has 1 aliphatic rings. The van der Waals surface area contributed by atoms with Gasteiger partial charge in [-0.15, -0.1) is 11.3 Å². The summed E-state index contributed by atoms with van der Waals surface area (Å²) in [4.78, 5) is 38.9. The maximum absolute atomic E-state index is 13.3. The van der Waals surface area contributed by atoms with Crippen molar-refractivity contribution in [3.63, 3.8) is 0 Å². The summed E-state index contributed by atoms with van der Waals surface area (Å²) in [5.74, 6) is -0.312. The van der Waals surface area contributed by atoms with Crippen LogP contribution in [0.2, 0.25) is 10.0 Å². The number of amides is 1. The molecule has 1 amide bonds. The summed E-state index contributed by atoms with van der Waals surface area (Å²) < 4.78 is 2.28. The number of aromatic nitrogens is 1. The minimum absolute atomic E-state index is 0.107. The summed E-state index contributed by atoms with van der Waals surface area (Å²) in [5, 5.41) is 3.93. The lowest BCUT2D eigenvalue weighted by Gasteiger charge is -2.21. The normalized spacial score (nSPS) is 16.9. The smallest absolute Gasteiger partial charge is 0.269 e. The maximum Gasteiger partial charge on any atom is 0.269 e. The van der Waals surface area contributed by atoms with Gasteiger partial charge in [0.25, 0.3) is 5.56 Å². The number of rotatable bonds is 5. The van der Waals surface area contributed by atoms with Crippen LogP contribution in [0, 0.1) is 5.41 Å². The van der Waals surface area contributed by atoms with E-state index in [0.29, 0.717) is 24.8 Å². The number of carbonyl (C=O) groups excluding carboxylic acids is 2. The highest BCUT2D eigenvalue weighted by Gasteiger charge is 2.21. The average molecular weight is 524 g/mol. The fourth-order valence-electron chi connectivity index (χ4n) is 3.89. The molecule has 1 N–H and O–H groups in total. The fraction of sp³-hybridized carbons (Fsp3) is 0.500. The van der Waals surface area contributed by atoms with E-state index in [1.807, 2.05) is 20.8 Å². The molecule has 1 aliphatic carbocycles. The number of thiazole rings is 1. The van der Waals surface area contributed by atoms with Crippen LogP contribution >= 0.6 is 34.5 Å². The Morgan fingerprint density at radius 2 is 1.74 bits per heavy atom. The quantitative estimate of drug-likeness (QED) is 0.620. The number of ketones is 1. The van der Waals surface area contributed by atoms with Crippen molar-refractivity contribution in [1.29, 1.82) is 0 Å². The van der Waals surface area contributed by atoms with Crippen LogP contribution in [-0.2, 0) is 16.1 Å². The van der Waals surface area contributed by atoms with Gasteiger partial charge in [-0.2, -0.15) is 0 Å². The minimum Gasteiger partial charge on any atom is -0.352 e. The summed E-state index contributed by atoms with van der Waals surface area (Å²) in [6.07, 6.45) is 10.9. The Kier molecular flexibility index (Phi) is 9.19. The number of nitrogens with one attached hydrogen (secondary N) is 1. The molecule has 1 fully saturated rings. The second-order valence-electron chi connectivity index (χ2n) is 9.88. The van der Waals surface area contributed by atoms with Gasteiger partial charge in [0.05, 0.1) is 14.6 Å². The molecule has 0 spiro atoms. The topological polar surface area (TPSA) is 68.2 Å². The van der Waals surface area contributed by atoms with Gasteiger partial charge in [-0.3, -0.25) is 19.0 Å². The Morgan fingerprint density at radius 1 is 1.09 bits per heavy atom. The first-order chi connectivity index (χ1) is 16.0. The van der Waals surface area contributed by atoms with E-state index < -0.39 is 5.41 Å². The van der Waals surface area contributed by atoms with E-state index in [1.54, 1.807) is 24.3 Å². The number of hydrogen-bond acceptors (Lipinski definition) is 4. The first-order valence-corrected chi connectivity index (χ1v) is 13.3. The first-order valence-electron chi connectivity index (χ1n) is 11.8. The molecule has 0 atom stereocenters. The van der Waals surface area contributed by atoms with Gasteiger partial charge in [0.15, 0.2) is 5.78 Å². The first kappa shape index (κ1) is 26.7. The van der Waals surface area contributed by atoms with E-state index in [2.05, 4.69) is 5.32 Å². The van der Waals surface area contributed by atoms with Crippen molar-refractivity contribution in [3.05, 3.63) is 53.4 Å². The number of carbonyl (C=O) groups is 2. The molecular weight excluding hydrogens is 491 g/mol. The van der Waals surface area contributed by atoms with E-state index in [4.69, 9.17) is 23.2 Å². The van der Waals surface area contributed by atoms with Gasteiger partial charge in [0.1, 0.15) is 11.2 Å². The van der Waals surface area contributed by atoms with Crippen molar-refractivity contribution in [2.24, 2.45) is 5.41 Å². The molecule has 2 aromatic rings. The molecular formula is C26H32Cl2N2O3S. The summed E-state index contributed by atoms with van der Waals surface area (Å²) in [7, 11) is 0. The summed E-state index contributed by atoms with van der Waals surface area (Å²) in [6.45, 7) is 5.36. The molecule has 34 heavy (non-hydrogen) atoms. The van der Waals surface area contributed by atoms with Crippen LogP contribution in [0.25, 0.3) is 12.2 Å². The third-order valence-corrected chi connectivity index (χ3v) is 7.74. The highest BCUT2D eigenvalue weighted by molar-refractivity contribution is 7.07. The molecule has 1 aromatic heterocycles. The molecule has 0 unspecified atom stereocenters. The molecule has 1 heterocycles. The molecule has 3 rings (SSSR count). The largest absolute Gasteiger partial charge is 0.352 e. The van der Waals surface area contributed by atoms with Crippen molar-refractivity contribution in [2.45, 2.75) is 78.3 Å². The van der Waals surface area contributed by atoms with Gasteiger partial charge in [0.2, 0.25) is 5.91 Å². The van der Waals surface area contributed by atoms with Gasteiger partial charge in [-0.25, -0.2) is 0 Å². The van der Waals surface area contributed by atoms with E-state index in [9.17, 15) is 14.4 Å². The zero-order valence-electron chi connectivity index (χ0n) is 20.0. The predicted octanol–water partition coefficient (Wildman–Crippen LogP) is 4.67. The Labute approximate surface area is 214 Å². The summed E-state index contributed by atoms with van der Waals surface area (Å²) in [6, 6.07) is 5.25. The van der Waals surface area contributed by atoms with Crippen molar-refractivity contribution in [1.82, 2.24) is 9.88 Å². The SMILES string of the molecule is CC(C)(C)C(=O)/C=c1\s/c(=C/c2ccc(Cl)c(Cl)c2)c(=O)n1CC(=O)NC1CCCCCCC1. The van der Waals surface area contributed by atoms with Gasteiger partial charge in [0, 0.05) is 17.5 Å². The van der Waals surface area contributed by atoms with Crippen LogP contribution in [0.4, 0.5) is 0 Å². The summed E-state index contributed by atoms with van der Waals surface area (Å²) >= 11 is 13.3. The molecule has 0 saturated heterocycles. The highest BCUT2D eigenvalue weighted by Crippen LogP contribution is 2.22. The van der Waals surface area contributed by atoms with Gasteiger partial charge >= 0.3 is 0 Å². The third kappa shape index (κ3) is 7.30. The minimum atomic E-state index is -0.598. The number of nitrogens with zero attached hydrogens (tertiary/aromatic N) is 1. The Hall–Kier alpha value is -1.89. The van der Waals surface area contributed by atoms with Crippen LogP contribution in [-0.4, -0.2) is 22.3 Å². The van der Waals surface area contributed by atoms with Gasteiger partial charge < -0.3 is 5.32 Å². The number of halogens is 2. The highest BCUT2D eigenvalue weighted by atomic mass is 35.5. The van der Waals surface area contributed by atoms with Crippen molar-refractivity contribution in [3.8, 4) is 0 Å². The lowest BCUT2D eigenvalue weighted by molar-refractivity contribution is -0.123. The average Bonchev–Trinajstić information content (AvgIpc) is 3.00. The van der Waals surface area contributed by atoms with E-state index in [0.717, 1.165) is 25.7 Å². The van der Waals surface area contributed by atoms with E-state index >= 15 is 0 Å². The van der Waals surface area contributed by atoms with Crippen LogP contribution in [0.1, 0.15) is 71.3 Å². The zero-order valence-corrected chi connectivity index (χ0v) is 22.3. The van der Waals surface area contributed by atoms with E-state index in [-0.39, 0.29) is 29.8 Å². The molecule has 184 valence electrons. The van der Waals surface area contributed by atoms with Crippen molar-refractivity contribution >= 4 is 58.4 Å². The number of hydrogen-bond donors (Lipinski definition) is 1. The number of Topliss-reactive ketones (excluding diaryl/α,β-unsaturated/α-hetero) is 1. The molecule has 1 saturated carbocycles. The molecule has 0 bridgehead atoms. The lowest BCUT2D eigenvalue weighted by Crippen LogP contribution is -2.42. The standard InChI is InChI=1S/C26H32Cl2N2O3S/c1-26(2,3)22(31)15-24-30(16-23(32)29-18-9-7-5-4-6-8-10-18)25(33)21(34-24)14-17-11-12-19(27)20(28)13-17/h11-15,18H,4-10,16H2,1-3H3,(H,29,32)/b21-14+,24-15-. The van der Waals surface area contributed by atoms with Gasteiger partial charge in [-0.05, 0) is 36.6 Å². The predicted molar refractivity (Wildman–Crippen MR) is 141 cm³/mol. The summed E-state index contributed by atoms with van der Waals surface area (Å²) in [5.41, 5.74) is -0.191. The fourth-order valence-corrected chi connectivity index (χ4v) is 5.24. The molecule has 8 heteroatoms. The molecule has 0 radical (unpaired) electrons. The second kappa shape index (κ2) is 11.7.